The molecule has 0 bridgehead atoms. The van der Waals surface area contributed by atoms with Crippen LogP contribution in [-0.2, 0) is 11.2 Å². The lowest BCUT2D eigenvalue weighted by molar-refractivity contribution is -0.125. The van der Waals surface area contributed by atoms with Crippen LogP contribution in [-0.4, -0.2) is 16.3 Å². The molecule has 98 valence electrons. The van der Waals surface area contributed by atoms with Gasteiger partial charge in [0.1, 0.15) is 0 Å². The highest BCUT2D eigenvalue weighted by Gasteiger charge is 2.37. The minimum absolute atomic E-state index is 0.100. The van der Waals surface area contributed by atoms with Crippen LogP contribution in [0.2, 0.25) is 0 Å². The Morgan fingerprint density at radius 1 is 1.61 bits per heavy atom. The minimum Gasteiger partial charge on any atom is -0.319 e. The lowest BCUT2D eigenvalue weighted by Gasteiger charge is -2.30. The van der Waals surface area contributed by atoms with Gasteiger partial charge in [0.25, 0.3) is 0 Å². The first kappa shape index (κ1) is 13.2. The summed E-state index contributed by atoms with van der Waals surface area (Å²) in [5, 5.41) is 0. The van der Waals surface area contributed by atoms with Crippen molar-refractivity contribution in [3.8, 4) is 0 Å². The van der Waals surface area contributed by atoms with Gasteiger partial charge in [-0.15, -0.1) is 0 Å². The summed E-state index contributed by atoms with van der Waals surface area (Å²) in [5.74, 6) is 0.0560. The molecule has 0 saturated carbocycles. The second-order valence-corrected chi connectivity index (χ2v) is 5.52. The molecule has 0 fully saturated rings. The molecular formula is C15H22N2O. The van der Waals surface area contributed by atoms with E-state index in [1.54, 1.807) is 6.20 Å². The Bertz CT molecular complexity index is 440. The van der Waals surface area contributed by atoms with Gasteiger partial charge in [0, 0.05) is 6.20 Å². The monoisotopic (exact) mass is 246 g/mol. The molecule has 1 aliphatic carbocycles. The lowest BCUT2D eigenvalue weighted by Crippen LogP contribution is -2.48. The van der Waals surface area contributed by atoms with Gasteiger partial charge in [0.05, 0.1) is 17.2 Å². The number of aromatic nitrogens is 1. The van der Waals surface area contributed by atoms with Gasteiger partial charge in [-0.2, -0.15) is 0 Å². The van der Waals surface area contributed by atoms with Gasteiger partial charge in [-0.1, -0.05) is 19.4 Å². The molecule has 0 saturated heterocycles. The van der Waals surface area contributed by atoms with E-state index in [0.29, 0.717) is 0 Å². The predicted molar refractivity (Wildman–Crippen MR) is 72.4 cm³/mol. The van der Waals surface area contributed by atoms with E-state index in [4.69, 9.17) is 5.73 Å². The zero-order valence-electron chi connectivity index (χ0n) is 11.3. The summed E-state index contributed by atoms with van der Waals surface area (Å²) in [5.41, 5.74) is 7.64. The molecule has 1 aromatic heterocycles. The molecule has 0 aromatic carbocycles. The van der Waals surface area contributed by atoms with Crippen molar-refractivity contribution in [1.82, 2.24) is 4.98 Å². The van der Waals surface area contributed by atoms with Crippen LogP contribution in [0.1, 0.15) is 56.7 Å². The number of ketones is 1. The number of nitrogens with zero attached hydrogens (tertiary/aromatic N) is 1. The van der Waals surface area contributed by atoms with E-state index >= 15 is 0 Å². The second kappa shape index (κ2) is 5.19. The Labute approximate surface area is 109 Å². The van der Waals surface area contributed by atoms with Crippen LogP contribution < -0.4 is 5.73 Å². The fourth-order valence-corrected chi connectivity index (χ4v) is 2.91. The summed E-state index contributed by atoms with van der Waals surface area (Å²) in [6, 6.07) is 4.02. The summed E-state index contributed by atoms with van der Waals surface area (Å²) >= 11 is 0. The topological polar surface area (TPSA) is 56.0 Å². The van der Waals surface area contributed by atoms with E-state index in [1.165, 1.54) is 5.56 Å². The molecule has 2 unspecified atom stereocenters. The summed E-state index contributed by atoms with van der Waals surface area (Å²) in [6.07, 6.45) is 6.42. The molecule has 0 amide bonds. The van der Waals surface area contributed by atoms with Gasteiger partial charge in [-0.3, -0.25) is 9.78 Å². The molecule has 3 heteroatoms. The summed E-state index contributed by atoms with van der Waals surface area (Å²) in [4.78, 5) is 17.0. The van der Waals surface area contributed by atoms with Crippen molar-refractivity contribution in [1.29, 1.82) is 0 Å². The second-order valence-electron chi connectivity index (χ2n) is 5.52. The first-order valence-electron chi connectivity index (χ1n) is 6.83. The van der Waals surface area contributed by atoms with Crippen molar-refractivity contribution in [2.45, 2.75) is 57.4 Å². The average Bonchev–Trinajstić information content (AvgIpc) is 2.37. The minimum atomic E-state index is -0.717. The molecule has 2 N–H and O–H groups in total. The van der Waals surface area contributed by atoms with Gasteiger partial charge >= 0.3 is 0 Å². The molecule has 0 aliphatic heterocycles. The van der Waals surface area contributed by atoms with Crippen LogP contribution in [0.3, 0.4) is 0 Å². The zero-order chi connectivity index (χ0) is 13.2. The van der Waals surface area contributed by atoms with Gasteiger partial charge < -0.3 is 5.73 Å². The number of aryl methyl sites for hydroxylation is 1. The molecule has 1 aliphatic rings. The molecule has 3 nitrogen and oxygen atoms in total. The van der Waals surface area contributed by atoms with E-state index in [2.05, 4.69) is 18.0 Å². The highest BCUT2D eigenvalue weighted by molar-refractivity contribution is 5.93. The van der Waals surface area contributed by atoms with Crippen LogP contribution in [0.25, 0.3) is 0 Å². The molecule has 0 spiro atoms. The number of hydrogen-bond acceptors (Lipinski definition) is 3. The first-order valence-corrected chi connectivity index (χ1v) is 6.83. The van der Waals surface area contributed by atoms with Gasteiger partial charge in [-0.25, -0.2) is 0 Å². The number of pyridine rings is 1. The smallest absolute Gasteiger partial charge is 0.161 e. The Kier molecular flexibility index (Phi) is 3.81. The van der Waals surface area contributed by atoms with Gasteiger partial charge in [0.2, 0.25) is 0 Å². The summed E-state index contributed by atoms with van der Waals surface area (Å²) < 4.78 is 0. The zero-order valence-corrected chi connectivity index (χ0v) is 11.3. The van der Waals surface area contributed by atoms with Crippen LogP contribution >= 0.6 is 0 Å². The highest BCUT2D eigenvalue weighted by atomic mass is 16.1. The third-order valence-corrected chi connectivity index (χ3v) is 3.84. The maximum Gasteiger partial charge on any atom is 0.161 e. The van der Waals surface area contributed by atoms with Crippen LogP contribution in [0, 0.1) is 0 Å². The number of hydrogen-bond donors (Lipinski definition) is 1. The van der Waals surface area contributed by atoms with Crippen LogP contribution in [0.15, 0.2) is 18.3 Å². The number of carbonyl (C=O) groups is 1. The summed E-state index contributed by atoms with van der Waals surface area (Å²) in [7, 11) is 0. The van der Waals surface area contributed by atoms with Crippen LogP contribution in [0.5, 0.6) is 0 Å². The third kappa shape index (κ3) is 2.46. The largest absolute Gasteiger partial charge is 0.319 e. The van der Waals surface area contributed by atoms with Gasteiger partial charge in [0.15, 0.2) is 5.78 Å². The maximum absolute atomic E-state index is 12.6. The van der Waals surface area contributed by atoms with Crippen molar-refractivity contribution in [2.24, 2.45) is 5.73 Å². The van der Waals surface area contributed by atoms with Crippen molar-refractivity contribution in [2.75, 3.05) is 0 Å². The fourth-order valence-electron chi connectivity index (χ4n) is 2.91. The van der Waals surface area contributed by atoms with Crippen molar-refractivity contribution in [3.63, 3.8) is 0 Å². The number of nitrogens with two attached hydrogens (primary N) is 1. The molecule has 1 heterocycles. The van der Waals surface area contributed by atoms with Crippen molar-refractivity contribution >= 4 is 5.78 Å². The molecule has 1 aromatic rings. The maximum atomic E-state index is 12.6. The fraction of sp³-hybridized carbons (Fsp3) is 0.600. The van der Waals surface area contributed by atoms with E-state index in [1.807, 2.05) is 13.0 Å². The first-order chi connectivity index (χ1) is 8.56. The molecule has 18 heavy (non-hydrogen) atoms. The number of carbonyl (C=O) groups excluding carboxylic acids is 1. The number of fused-ring (bicyclic) bond motifs is 1. The number of rotatable bonds is 4. The van der Waals surface area contributed by atoms with Crippen LogP contribution in [0.4, 0.5) is 0 Å². The van der Waals surface area contributed by atoms with Crippen molar-refractivity contribution in [3.05, 3.63) is 29.6 Å². The molecule has 2 atom stereocenters. The third-order valence-electron chi connectivity index (χ3n) is 3.84. The standard InChI is InChI=1S/C15H22N2O/c1-3-9-15(2,16)14(18)12-8-4-6-11-7-5-10-17-13(11)12/h5,7,10,12H,3-4,6,8-9,16H2,1-2H3. The Morgan fingerprint density at radius 3 is 3.11 bits per heavy atom. The average molecular weight is 246 g/mol. The summed E-state index contributed by atoms with van der Waals surface area (Å²) in [6.45, 7) is 3.92. The Morgan fingerprint density at radius 2 is 2.39 bits per heavy atom. The predicted octanol–water partition coefficient (Wildman–Crippen LogP) is 2.59. The SMILES string of the molecule is CCCC(C)(N)C(=O)C1CCCc2cccnc21. The van der Waals surface area contributed by atoms with E-state index in [9.17, 15) is 4.79 Å². The van der Waals surface area contributed by atoms with Gasteiger partial charge in [-0.05, 0) is 44.2 Å². The lowest BCUT2D eigenvalue weighted by atomic mass is 9.76. The quantitative estimate of drug-likeness (QED) is 0.888. The normalized spacial score (nSPS) is 22.1. The Balaban J connectivity index is 2.28. The molecule has 0 radical (unpaired) electrons. The molecular weight excluding hydrogens is 224 g/mol. The molecule has 2 rings (SSSR count). The van der Waals surface area contributed by atoms with E-state index < -0.39 is 5.54 Å². The van der Waals surface area contributed by atoms with Crippen molar-refractivity contribution < 1.29 is 4.79 Å². The van der Waals surface area contributed by atoms with E-state index in [0.717, 1.165) is 37.8 Å². The number of Topliss-reactive ketones (excluding diaryl/α,β-unsaturated/α-hetero) is 1. The van der Waals surface area contributed by atoms with E-state index in [-0.39, 0.29) is 11.7 Å². The highest BCUT2D eigenvalue weighted by Crippen LogP contribution is 2.33. The Hall–Kier alpha value is -1.22.